The summed E-state index contributed by atoms with van der Waals surface area (Å²) < 4.78 is 19.3. The second kappa shape index (κ2) is 8.92. The highest BCUT2D eigenvalue weighted by Gasteiger charge is 2.34. The number of anilines is 2. The van der Waals surface area contributed by atoms with Gasteiger partial charge in [-0.25, -0.2) is 4.39 Å². The van der Waals surface area contributed by atoms with E-state index >= 15 is 0 Å². The number of fused-ring (bicyclic) bond motifs is 1. The summed E-state index contributed by atoms with van der Waals surface area (Å²) in [6, 6.07) is 11.4. The van der Waals surface area contributed by atoms with E-state index in [0.29, 0.717) is 11.4 Å². The first-order chi connectivity index (χ1) is 14.5. The van der Waals surface area contributed by atoms with Crippen molar-refractivity contribution in [2.75, 3.05) is 36.4 Å². The fourth-order valence-electron chi connectivity index (χ4n) is 3.85. The van der Waals surface area contributed by atoms with Gasteiger partial charge in [0, 0.05) is 18.8 Å². The molecule has 8 heteroatoms. The van der Waals surface area contributed by atoms with Crippen molar-refractivity contribution in [1.82, 2.24) is 4.90 Å². The molecule has 6 nitrogen and oxygen atoms in total. The number of ether oxygens (including phenoxy) is 1. The Hall–Kier alpha value is -2.80. The summed E-state index contributed by atoms with van der Waals surface area (Å²) in [7, 11) is 0. The van der Waals surface area contributed by atoms with Crippen molar-refractivity contribution in [2.45, 2.75) is 25.4 Å². The second-order valence-corrected chi connectivity index (χ2v) is 7.92. The molecule has 2 heterocycles. The molecular formula is C22H23ClFN3O3. The van der Waals surface area contributed by atoms with E-state index in [9.17, 15) is 14.0 Å². The minimum absolute atomic E-state index is 0.0269. The first-order valence-electron chi connectivity index (χ1n) is 10.1. The van der Waals surface area contributed by atoms with Crippen LogP contribution in [0.25, 0.3) is 0 Å². The molecular weight excluding hydrogens is 409 g/mol. The second-order valence-electron chi connectivity index (χ2n) is 7.52. The van der Waals surface area contributed by atoms with Crippen molar-refractivity contribution >= 4 is 34.8 Å². The van der Waals surface area contributed by atoms with Gasteiger partial charge in [0.1, 0.15) is 11.6 Å². The van der Waals surface area contributed by atoms with Crippen molar-refractivity contribution in [3.8, 4) is 5.75 Å². The molecule has 1 N–H and O–H groups in total. The molecule has 4 rings (SSSR count). The van der Waals surface area contributed by atoms with E-state index in [4.69, 9.17) is 16.3 Å². The number of nitrogens with zero attached hydrogens (tertiary/aromatic N) is 2. The molecule has 0 aliphatic carbocycles. The van der Waals surface area contributed by atoms with Gasteiger partial charge in [0.2, 0.25) is 5.91 Å². The maximum Gasteiger partial charge on any atom is 0.265 e. The topological polar surface area (TPSA) is 61.9 Å². The first-order valence-corrected chi connectivity index (χ1v) is 10.4. The maximum absolute atomic E-state index is 13.3. The van der Waals surface area contributed by atoms with Crippen molar-refractivity contribution in [2.24, 2.45) is 0 Å². The molecule has 0 saturated carbocycles. The first kappa shape index (κ1) is 20.5. The number of rotatable bonds is 4. The summed E-state index contributed by atoms with van der Waals surface area (Å²) in [5, 5.41) is 2.67. The summed E-state index contributed by atoms with van der Waals surface area (Å²) in [5.41, 5.74) is 1.17. The number of amides is 2. The monoisotopic (exact) mass is 431 g/mol. The Bertz CT molecular complexity index is 949. The molecule has 2 aromatic carbocycles. The summed E-state index contributed by atoms with van der Waals surface area (Å²) in [4.78, 5) is 29.3. The number of benzene rings is 2. The molecule has 30 heavy (non-hydrogen) atoms. The highest BCUT2D eigenvalue weighted by molar-refractivity contribution is 6.31. The number of carbonyl (C=O) groups excluding carboxylic acids is 2. The molecule has 2 aromatic rings. The lowest BCUT2D eigenvalue weighted by Gasteiger charge is -2.38. The van der Waals surface area contributed by atoms with Crippen LogP contribution >= 0.6 is 11.6 Å². The molecule has 2 aliphatic heterocycles. The third-order valence-electron chi connectivity index (χ3n) is 5.34. The third-order valence-corrected chi connectivity index (χ3v) is 5.63. The average molecular weight is 432 g/mol. The van der Waals surface area contributed by atoms with Gasteiger partial charge in [-0.05, 0) is 49.6 Å². The molecule has 0 radical (unpaired) electrons. The van der Waals surface area contributed by atoms with Crippen molar-refractivity contribution in [3.05, 3.63) is 53.3 Å². The molecule has 1 saturated heterocycles. The van der Waals surface area contributed by atoms with E-state index in [-0.39, 0.29) is 29.9 Å². The minimum atomic E-state index is -0.661. The Kier molecular flexibility index (Phi) is 6.08. The number of piperidine rings is 1. The van der Waals surface area contributed by atoms with E-state index in [1.165, 1.54) is 18.2 Å². The maximum atomic E-state index is 13.3. The van der Waals surface area contributed by atoms with Crippen LogP contribution in [0.5, 0.6) is 5.75 Å². The van der Waals surface area contributed by atoms with Crippen LogP contribution in [0.4, 0.5) is 15.8 Å². The lowest BCUT2D eigenvalue weighted by Crippen LogP contribution is -2.52. The number of hydrogen-bond donors (Lipinski definition) is 1. The van der Waals surface area contributed by atoms with Crippen LogP contribution in [0.2, 0.25) is 5.02 Å². The summed E-state index contributed by atoms with van der Waals surface area (Å²) in [5.74, 6) is -0.300. The number of para-hydroxylation sites is 2. The average Bonchev–Trinajstić information content (AvgIpc) is 2.76. The number of carbonyl (C=O) groups is 2. The molecule has 0 bridgehead atoms. The molecule has 2 amide bonds. The van der Waals surface area contributed by atoms with E-state index in [1.807, 2.05) is 28.0 Å². The van der Waals surface area contributed by atoms with Crippen molar-refractivity contribution in [3.63, 3.8) is 0 Å². The van der Waals surface area contributed by atoms with Crippen molar-refractivity contribution < 1.29 is 18.7 Å². The lowest BCUT2D eigenvalue weighted by molar-refractivity contribution is -0.139. The van der Waals surface area contributed by atoms with E-state index in [1.54, 1.807) is 6.07 Å². The van der Waals surface area contributed by atoms with Gasteiger partial charge in [-0.15, -0.1) is 0 Å². The summed E-state index contributed by atoms with van der Waals surface area (Å²) in [6.45, 7) is 1.79. The molecule has 2 aliphatic rings. The zero-order chi connectivity index (χ0) is 21.1. The van der Waals surface area contributed by atoms with Crippen LogP contribution in [0.3, 0.4) is 0 Å². The van der Waals surface area contributed by atoms with Gasteiger partial charge in [-0.1, -0.05) is 23.7 Å². The van der Waals surface area contributed by atoms with Gasteiger partial charge in [0.05, 0.1) is 23.8 Å². The van der Waals surface area contributed by atoms with Gasteiger partial charge in [-0.3, -0.25) is 9.59 Å². The van der Waals surface area contributed by atoms with E-state index in [0.717, 1.165) is 38.0 Å². The zero-order valence-electron chi connectivity index (χ0n) is 16.4. The Morgan fingerprint density at radius 3 is 2.67 bits per heavy atom. The molecule has 158 valence electrons. The normalized spacial score (nSPS) is 18.4. The van der Waals surface area contributed by atoms with Crippen LogP contribution in [-0.2, 0) is 9.59 Å². The Labute approximate surface area is 179 Å². The van der Waals surface area contributed by atoms with Gasteiger partial charge >= 0.3 is 0 Å². The Morgan fingerprint density at radius 2 is 1.90 bits per heavy atom. The molecule has 1 unspecified atom stereocenters. The number of nitrogens with one attached hydrogen (secondary N) is 1. The van der Waals surface area contributed by atoms with Gasteiger partial charge in [-0.2, -0.15) is 0 Å². The minimum Gasteiger partial charge on any atom is -0.477 e. The highest BCUT2D eigenvalue weighted by atomic mass is 35.5. The molecule has 0 aromatic heterocycles. The predicted molar refractivity (Wildman–Crippen MR) is 114 cm³/mol. The third kappa shape index (κ3) is 4.51. The van der Waals surface area contributed by atoms with Gasteiger partial charge in [0.25, 0.3) is 5.91 Å². The zero-order valence-corrected chi connectivity index (χ0v) is 17.2. The van der Waals surface area contributed by atoms with Crippen LogP contribution < -0.4 is 15.0 Å². The number of hydrogen-bond acceptors (Lipinski definition) is 4. The van der Waals surface area contributed by atoms with E-state index in [2.05, 4.69) is 5.32 Å². The number of likely N-dealkylation sites (tertiary alicyclic amines) is 1. The predicted octanol–water partition coefficient (Wildman–Crippen LogP) is 3.70. The fraction of sp³-hybridized carbons (Fsp3) is 0.364. The molecule has 1 atom stereocenters. The molecule has 0 spiro atoms. The summed E-state index contributed by atoms with van der Waals surface area (Å²) >= 11 is 5.79. The van der Waals surface area contributed by atoms with Crippen LogP contribution in [0, 0.1) is 5.82 Å². The van der Waals surface area contributed by atoms with Crippen LogP contribution in [-0.4, -0.2) is 49.0 Å². The highest BCUT2D eigenvalue weighted by Crippen LogP contribution is 2.33. The van der Waals surface area contributed by atoms with Gasteiger partial charge < -0.3 is 19.9 Å². The Balaban J connectivity index is 1.48. The Morgan fingerprint density at radius 1 is 1.13 bits per heavy atom. The number of halogens is 2. The smallest absolute Gasteiger partial charge is 0.265 e. The fourth-order valence-corrected chi connectivity index (χ4v) is 4.03. The van der Waals surface area contributed by atoms with Crippen molar-refractivity contribution in [1.29, 1.82) is 0 Å². The SMILES string of the molecule is O=C(CN1CC(C(=O)N2CCCCC2)Oc2ccccc21)Nc1ccc(F)c(Cl)c1. The van der Waals surface area contributed by atoms with Crippen LogP contribution in [0.15, 0.2) is 42.5 Å². The standard InChI is InChI=1S/C22H23ClFN3O3/c23-16-12-15(8-9-17(16)24)25-21(28)14-27-13-20(22(29)26-10-4-1-5-11-26)30-19-7-3-2-6-18(19)27/h2-3,6-9,12,20H,1,4-5,10-11,13-14H2,(H,25,28). The molecule has 1 fully saturated rings. The largest absolute Gasteiger partial charge is 0.477 e. The van der Waals surface area contributed by atoms with Crippen LogP contribution in [0.1, 0.15) is 19.3 Å². The summed E-state index contributed by atoms with van der Waals surface area (Å²) in [6.07, 6.45) is 2.48. The van der Waals surface area contributed by atoms with Gasteiger partial charge in [0.15, 0.2) is 6.10 Å². The van der Waals surface area contributed by atoms with E-state index < -0.39 is 11.9 Å². The lowest BCUT2D eigenvalue weighted by atomic mass is 10.1. The quantitative estimate of drug-likeness (QED) is 0.801.